The number of hydrogen-bond acceptors (Lipinski definition) is 3. The molecule has 2 aromatic heterocycles. The molecule has 5 aromatic carbocycles. The highest BCUT2D eigenvalue weighted by atomic mass is 16.3. The molecule has 0 aliphatic rings. The van der Waals surface area contributed by atoms with E-state index in [9.17, 15) is 0 Å². The second-order valence-corrected chi connectivity index (χ2v) is 9.32. The van der Waals surface area contributed by atoms with Gasteiger partial charge in [0.2, 0.25) is 0 Å². The first kappa shape index (κ1) is 22.1. The lowest BCUT2D eigenvalue weighted by atomic mass is 10.0. The molecule has 7 rings (SSSR count). The third-order valence-electron chi connectivity index (χ3n) is 6.98. The van der Waals surface area contributed by atoms with Gasteiger partial charge in [-0.2, -0.15) is 0 Å². The molecule has 0 saturated carbocycles. The van der Waals surface area contributed by atoms with Crippen LogP contribution in [0.1, 0.15) is 0 Å². The second-order valence-electron chi connectivity index (χ2n) is 9.32. The molecule has 7 aromatic rings. The number of rotatable bonds is 5. The van der Waals surface area contributed by atoms with Gasteiger partial charge in [0.05, 0.1) is 0 Å². The lowest BCUT2D eigenvalue weighted by molar-refractivity contribution is 0.668. The largest absolute Gasteiger partial charge is 0.456 e. The third-order valence-corrected chi connectivity index (χ3v) is 6.98. The molecule has 2 heterocycles. The number of benzene rings is 5. The first-order valence-electron chi connectivity index (χ1n) is 12.7. The van der Waals surface area contributed by atoms with Gasteiger partial charge < -0.3 is 9.32 Å². The molecule has 0 amide bonds. The van der Waals surface area contributed by atoms with E-state index >= 15 is 0 Å². The summed E-state index contributed by atoms with van der Waals surface area (Å²) in [7, 11) is 0. The summed E-state index contributed by atoms with van der Waals surface area (Å²) >= 11 is 0. The Labute approximate surface area is 221 Å². The predicted octanol–water partition coefficient (Wildman–Crippen LogP) is 9.78. The van der Waals surface area contributed by atoms with Crippen LogP contribution in [0.2, 0.25) is 0 Å². The Hall–Kier alpha value is -5.15. The zero-order valence-corrected chi connectivity index (χ0v) is 20.7. The maximum absolute atomic E-state index is 6.20. The van der Waals surface area contributed by atoms with Crippen molar-refractivity contribution >= 4 is 39.0 Å². The molecule has 0 fully saturated rings. The fourth-order valence-electron chi connectivity index (χ4n) is 5.06. The minimum atomic E-state index is 0.845. The van der Waals surface area contributed by atoms with Crippen LogP contribution in [-0.2, 0) is 0 Å². The van der Waals surface area contributed by atoms with Crippen LogP contribution in [-0.4, -0.2) is 4.98 Å². The summed E-state index contributed by atoms with van der Waals surface area (Å²) in [4.78, 5) is 6.56. The monoisotopic (exact) mass is 488 g/mol. The van der Waals surface area contributed by atoms with Crippen molar-refractivity contribution in [2.24, 2.45) is 0 Å². The highest BCUT2D eigenvalue weighted by Crippen LogP contribution is 2.39. The molecule has 0 aliphatic carbocycles. The van der Waals surface area contributed by atoms with Gasteiger partial charge in [-0.1, -0.05) is 84.9 Å². The Balaban J connectivity index is 1.34. The van der Waals surface area contributed by atoms with Crippen LogP contribution in [0, 0.1) is 0 Å². The smallest absolute Gasteiger partial charge is 0.138 e. The number of nitrogens with zero attached hydrogens (tertiary/aromatic N) is 2. The summed E-state index contributed by atoms with van der Waals surface area (Å²) in [6.07, 6.45) is 3.63. The molecule has 3 nitrogen and oxygen atoms in total. The molecule has 0 spiro atoms. The average molecular weight is 489 g/mol. The van der Waals surface area contributed by atoms with Gasteiger partial charge in [-0.25, -0.2) is 0 Å². The van der Waals surface area contributed by atoms with Crippen LogP contribution in [0.5, 0.6) is 0 Å². The van der Waals surface area contributed by atoms with Gasteiger partial charge in [0, 0.05) is 46.3 Å². The molecule has 180 valence electrons. The zero-order valence-electron chi connectivity index (χ0n) is 20.7. The minimum Gasteiger partial charge on any atom is -0.456 e. The first-order chi connectivity index (χ1) is 18.8. The number of fused-ring (bicyclic) bond motifs is 3. The Morgan fingerprint density at radius 3 is 1.55 bits per heavy atom. The molecular formula is C35H24N2O. The molecule has 0 saturated heterocycles. The van der Waals surface area contributed by atoms with E-state index in [1.807, 2.05) is 24.4 Å². The van der Waals surface area contributed by atoms with Crippen LogP contribution < -0.4 is 4.90 Å². The fraction of sp³-hybridized carbons (Fsp3) is 0. The van der Waals surface area contributed by atoms with E-state index in [0.29, 0.717) is 0 Å². The van der Waals surface area contributed by atoms with Crippen molar-refractivity contribution in [3.8, 4) is 22.3 Å². The number of pyridine rings is 1. The summed E-state index contributed by atoms with van der Waals surface area (Å²) in [5.74, 6) is 0. The van der Waals surface area contributed by atoms with E-state index in [1.54, 1.807) is 6.20 Å². The van der Waals surface area contributed by atoms with Crippen molar-refractivity contribution in [3.05, 3.63) is 146 Å². The van der Waals surface area contributed by atoms with Gasteiger partial charge in [0.15, 0.2) is 0 Å². The van der Waals surface area contributed by atoms with E-state index in [1.165, 1.54) is 22.3 Å². The van der Waals surface area contributed by atoms with Crippen molar-refractivity contribution in [1.82, 2.24) is 4.98 Å². The number of furan rings is 1. The number of hydrogen-bond donors (Lipinski definition) is 0. The summed E-state index contributed by atoms with van der Waals surface area (Å²) < 4.78 is 6.20. The van der Waals surface area contributed by atoms with Gasteiger partial charge in [0.25, 0.3) is 0 Å². The standard InChI is InChI=1S/C35H24N2O/c1-3-7-25(8-4-1)27-11-15-29(16-12-27)37(30-17-13-28(14-18-30)26-9-5-2-6-10-26)31-19-20-32-33-24-36-22-21-34(33)38-35(32)23-31/h1-24H. The molecule has 0 unspecified atom stereocenters. The predicted molar refractivity (Wildman–Crippen MR) is 157 cm³/mol. The first-order valence-corrected chi connectivity index (χ1v) is 12.7. The summed E-state index contributed by atoms with van der Waals surface area (Å²) in [5.41, 5.74) is 9.66. The lowest BCUT2D eigenvalue weighted by Crippen LogP contribution is -2.09. The van der Waals surface area contributed by atoms with Gasteiger partial charge in [-0.15, -0.1) is 0 Å². The second kappa shape index (κ2) is 9.38. The Morgan fingerprint density at radius 1 is 0.447 bits per heavy atom. The normalized spacial score (nSPS) is 11.2. The van der Waals surface area contributed by atoms with Crippen molar-refractivity contribution in [2.45, 2.75) is 0 Å². The summed E-state index contributed by atoms with van der Waals surface area (Å²) in [6, 6.07) is 46.7. The summed E-state index contributed by atoms with van der Waals surface area (Å²) in [6.45, 7) is 0. The van der Waals surface area contributed by atoms with Crippen LogP contribution in [0.25, 0.3) is 44.2 Å². The topological polar surface area (TPSA) is 29.3 Å². The number of aromatic nitrogens is 1. The van der Waals surface area contributed by atoms with E-state index in [4.69, 9.17) is 4.42 Å². The van der Waals surface area contributed by atoms with Crippen LogP contribution in [0.4, 0.5) is 17.1 Å². The van der Waals surface area contributed by atoms with Crippen molar-refractivity contribution < 1.29 is 4.42 Å². The SMILES string of the molecule is c1ccc(-c2ccc(N(c3ccc(-c4ccccc4)cc3)c3ccc4c(c3)oc3ccncc34)cc2)cc1. The number of anilines is 3. The van der Waals surface area contributed by atoms with E-state index in [0.717, 1.165) is 39.0 Å². The van der Waals surface area contributed by atoms with E-state index < -0.39 is 0 Å². The Kier molecular flexibility index (Phi) is 5.45. The lowest BCUT2D eigenvalue weighted by Gasteiger charge is -2.26. The van der Waals surface area contributed by atoms with Crippen LogP contribution in [0.15, 0.2) is 150 Å². The maximum atomic E-state index is 6.20. The fourth-order valence-corrected chi connectivity index (χ4v) is 5.06. The Morgan fingerprint density at radius 2 is 0.974 bits per heavy atom. The van der Waals surface area contributed by atoms with Crippen molar-refractivity contribution in [2.75, 3.05) is 4.90 Å². The molecular weight excluding hydrogens is 464 g/mol. The van der Waals surface area contributed by atoms with Gasteiger partial charge >= 0.3 is 0 Å². The molecule has 38 heavy (non-hydrogen) atoms. The Bertz CT molecular complexity index is 1760. The molecule has 0 N–H and O–H groups in total. The molecule has 0 bridgehead atoms. The van der Waals surface area contributed by atoms with Gasteiger partial charge in [-0.3, -0.25) is 4.98 Å². The molecule has 0 atom stereocenters. The molecule has 3 heteroatoms. The summed E-state index contributed by atoms with van der Waals surface area (Å²) in [5, 5.41) is 2.09. The van der Waals surface area contributed by atoms with Crippen LogP contribution >= 0.6 is 0 Å². The van der Waals surface area contributed by atoms with Gasteiger partial charge in [-0.05, 0) is 64.7 Å². The molecule has 0 aliphatic heterocycles. The average Bonchev–Trinajstić information content (AvgIpc) is 3.37. The molecule has 0 radical (unpaired) electrons. The van der Waals surface area contributed by atoms with E-state index in [-0.39, 0.29) is 0 Å². The minimum absolute atomic E-state index is 0.845. The van der Waals surface area contributed by atoms with Gasteiger partial charge in [0.1, 0.15) is 11.2 Å². The third kappa shape index (κ3) is 4.00. The van der Waals surface area contributed by atoms with Crippen molar-refractivity contribution in [3.63, 3.8) is 0 Å². The van der Waals surface area contributed by atoms with E-state index in [2.05, 4.69) is 125 Å². The highest BCUT2D eigenvalue weighted by Gasteiger charge is 2.16. The quantitative estimate of drug-likeness (QED) is 0.241. The zero-order chi connectivity index (χ0) is 25.3. The highest BCUT2D eigenvalue weighted by molar-refractivity contribution is 6.05. The maximum Gasteiger partial charge on any atom is 0.138 e. The van der Waals surface area contributed by atoms with Crippen molar-refractivity contribution in [1.29, 1.82) is 0 Å². The van der Waals surface area contributed by atoms with Crippen LogP contribution in [0.3, 0.4) is 0 Å².